The van der Waals surface area contributed by atoms with E-state index in [0.29, 0.717) is 6.54 Å². The predicted molar refractivity (Wildman–Crippen MR) is 74.3 cm³/mol. The zero-order chi connectivity index (χ0) is 13.4. The molecule has 0 saturated heterocycles. The molecule has 3 aromatic heterocycles. The fraction of sp³-hybridized carbons (Fsp3) is 0.385. The minimum atomic E-state index is 0.702. The average Bonchev–Trinajstić information content (AvgIpc) is 3.01. The van der Waals surface area contributed by atoms with Crippen molar-refractivity contribution in [3.05, 3.63) is 40.0 Å². The summed E-state index contributed by atoms with van der Waals surface area (Å²) in [6.45, 7) is 7.53. The molecule has 0 aliphatic rings. The van der Waals surface area contributed by atoms with Gasteiger partial charge >= 0.3 is 0 Å². The first-order valence-corrected chi connectivity index (χ1v) is 7.08. The molecule has 6 heteroatoms. The summed E-state index contributed by atoms with van der Waals surface area (Å²) in [4.78, 5) is 5.63. The van der Waals surface area contributed by atoms with E-state index >= 15 is 0 Å². The maximum absolute atomic E-state index is 5.05. The molecule has 0 saturated carbocycles. The number of fused-ring (bicyclic) bond motifs is 1. The Morgan fingerprint density at radius 1 is 1.32 bits per heavy atom. The standard InChI is InChI=1S/C13H16N4OS/c1-8-7-19-13-15-10(3)12(17(8)13)6-14-5-11-4-9(2)18-16-11/h4,7,14H,5-6H2,1-3H3. The van der Waals surface area contributed by atoms with Crippen molar-refractivity contribution in [2.45, 2.75) is 33.9 Å². The van der Waals surface area contributed by atoms with E-state index in [-0.39, 0.29) is 0 Å². The molecule has 0 bridgehead atoms. The van der Waals surface area contributed by atoms with Gasteiger partial charge in [-0.25, -0.2) is 4.98 Å². The number of aryl methyl sites for hydroxylation is 3. The van der Waals surface area contributed by atoms with Crippen LogP contribution in [0.5, 0.6) is 0 Å². The lowest BCUT2D eigenvalue weighted by Gasteiger charge is -2.04. The van der Waals surface area contributed by atoms with Crippen molar-refractivity contribution in [3.63, 3.8) is 0 Å². The molecule has 1 N–H and O–H groups in total. The normalized spacial score (nSPS) is 11.5. The van der Waals surface area contributed by atoms with E-state index in [4.69, 9.17) is 4.52 Å². The first-order valence-electron chi connectivity index (χ1n) is 6.20. The highest BCUT2D eigenvalue weighted by Crippen LogP contribution is 2.20. The van der Waals surface area contributed by atoms with E-state index in [9.17, 15) is 0 Å². The summed E-state index contributed by atoms with van der Waals surface area (Å²) in [5, 5.41) is 9.49. The number of nitrogens with one attached hydrogen (secondary N) is 1. The maximum atomic E-state index is 5.05. The second-order valence-corrected chi connectivity index (χ2v) is 5.51. The Labute approximate surface area is 115 Å². The summed E-state index contributed by atoms with van der Waals surface area (Å²) in [7, 11) is 0. The lowest BCUT2D eigenvalue weighted by atomic mass is 10.3. The number of nitrogens with zero attached hydrogens (tertiary/aromatic N) is 3. The molecule has 0 atom stereocenters. The van der Waals surface area contributed by atoms with Gasteiger partial charge in [0.05, 0.1) is 17.1 Å². The van der Waals surface area contributed by atoms with Crippen molar-refractivity contribution in [2.24, 2.45) is 0 Å². The molecule has 0 amide bonds. The molecule has 100 valence electrons. The van der Waals surface area contributed by atoms with Gasteiger partial charge in [0.15, 0.2) is 4.96 Å². The number of thiazole rings is 1. The van der Waals surface area contributed by atoms with Crippen LogP contribution in [0.2, 0.25) is 0 Å². The van der Waals surface area contributed by atoms with Gasteiger partial charge in [0.1, 0.15) is 5.76 Å². The summed E-state index contributed by atoms with van der Waals surface area (Å²) in [6.07, 6.45) is 0. The van der Waals surface area contributed by atoms with Crippen molar-refractivity contribution < 1.29 is 4.52 Å². The van der Waals surface area contributed by atoms with E-state index < -0.39 is 0 Å². The Morgan fingerprint density at radius 3 is 2.89 bits per heavy atom. The first kappa shape index (κ1) is 12.4. The van der Waals surface area contributed by atoms with Crippen LogP contribution in [0.3, 0.4) is 0 Å². The van der Waals surface area contributed by atoms with E-state index in [1.54, 1.807) is 11.3 Å². The van der Waals surface area contributed by atoms with Crippen molar-refractivity contribution in [2.75, 3.05) is 0 Å². The Kier molecular flexibility index (Phi) is 3.12. The summed E-state index contributed by atoms with van der Waals surface area (Å²) >= 11 is 1.68. The van der Waals surface area contributed by atoms with Crippen LogP contribution in [0.15, 0.2) is 16.0 Å². The average molecular weight is 276 g/mol. The van der Waals surface area contributed by atoms with E-state index in [1.165, 1.54) is 11.4 Å². The summed E-state index contributed by atoms with van der Waals surface area (Å²) < 4.78 is 7.26. The Morgan fingerprint density at radius 2 is 2.16 bits per heavy atom. The maximum Gasteiger partial charge on any atom is 0.194 e. The van der Waals surface area contributed by atoms with Gasteiger partial charge in [0, 0.05) is 30.2 Å². The second-order valence-electron chi connectivity index (χ2n) is 4.67. The molecular formula is C13H16N4OS. The zero-order valence-corrected chi connectivity index (χ0v) is 12.0. The number of hydrogen-bond donors (Lipinski definition) is 1. The molecule has 0 aromatic carbocycles. The highest BCUT2D eigenvalue weighted by molar-refractivity contribution is 7.15. The van der Waals surface area contributed by atoms with Gasteiger partial charge in [-0.1, -0.05) is 5.16 Å². The van der Waals surface area contributed by atoms with Crippen molar-refractivity contribution >= 4 is 16.3 Å². The van der Waals surface area contributed by atoms with Crippen LogP contribution < -0.4 is 5.32 Å². The minimum absolute atomic E-state index is 0.702. The van der Waals surface area contributed by atoms with Crippen molar-refractivity contribution in [3.8, 4) is 0 Å². The van der Waals surface area contributed by atoms with Gasteiger partial charge in [0.2, 0.25) is 0 Å². The van der Waals surface area contributed by atoms with Gasteiger partial charge in [-0.15, -0.1) is 11.3 Å². The van der Waals surface area contributed by atoms with E-state index in [2.05, 4.69) is 39.1 Å². The van der Waals surface area contributed by atoms with Crippen LogP contribution >= 0.6 is 11.3 Å². The van der Waals surface area contributed by atoms with Crippen LogP contribution in [-0.2, 0) is 13.1 Å². The van der Waals surface area contributed by atoms with Gasteiger partial charge in [-0.3, -0.25) is 4.40 Å². The molecule has 0 spiro atoms. The number of imidazole rings is 1. The molecule has 3 rings (SSSR count). The monoisotopic (exact) mass is 276 g/mol. The fourth-order valence-corrected chi connectivity index (χ4v) is 3.12. The van der Waals surface area contributed by atoms with Crippen LogP contribution in [0.25, 0.3) is 4.96 Å². The minimum Gasteiger partial charge on any atom is -0.361 e. The van der Waals surface area contributed by atoms with Gasteiger partial charge in [-0.2, -0.15) is 0 Å². The molecular weight excluding hydrogens is 260 g/mol. The van der Waals surface area contributed by atoms with E-state index in [0.717, 1.165) is 28.7 Å². The molecule has 19 heavy (non-hydrogen) atoms. The van der Waals surface area contributed by atoms with Crippen molar-refractivity contribution in [1.82, 2.24) is 19.9 Å². The molecule has 0 aliphatic heterocycles. The summed E-state index contributed by atoms with van der Waals surface area (Å²) in [6, 6.07) is 1.95. The number of rotatable bonds is 4. The molecule has 3 aromatic rings. The topological polar surface area (TPSA) is 55.4 Å². The van der Waals surface area contributed by atoms with Gasteiger partial charge < -0.3 is 9.84 Å². The number of hydrogen-bond acceptors (Lipinski definition) is 5. The highest BCUT2D eigenvalue weighted by Gasteiger charge is 2.11. The molecule has 0 aliphatic carbocycles. The fourth-order valence-electron chi connectivity index (χ4n) is 2.19. The second kappa shape index (κ2) is 4.79. The summed E-state index contributed by atoms with van der Waals surface area (Å²) in [5.41, 5.74) is 4.46. The third-order valence-corrected chi connectivity index (χ3v) is 4.05. The Hall–Kier alpha value is -1.66. The zero-order valence-electron chi connectivity index (χ0n) is 11.2. The largest absolute Gasteiger partial charge is 0.361 e. The smallest absolute Gasteiger partial charge is 0.194 e. The van der Waals surface area contributed by atoms with Crippen molar-refractivity contribution in [1.29, 1.82) is 0 Å². The van der Waals surface area contributed by atoms with Crippen LogP contribution in [0, 0.1) is 20.8 Å². The molecule has 0 unspecified atom stereocenters. The van der Waals surface area contributed by atoms with Crippen LogP contribution in [0.4, 0.5) is 0 Å². The molecule has 5 nitrogen and oxygen atoms in total. The third-order valence-electron chi connectivity index (χ3n) is 3.11. The Balaban J connectivity index is 1.74. The molecule has 0 fully saturated rings. The van der Waals surface area contributed by atoms with E-state index in [1.807, 2.05) is 13.0 Å². The van der Waals surface area contributed by atoms with Crippen LogP contribution in [-0.4, -0.2) is 14.5 Å². The van der Waals surface area contributed by atoms with Gasteiger partial charge in [0.25, 0.3) is 0 Å². The lowest BCUT2D eigenvalue weighted by molar-refractivity contribution is 0.388. The molecule has 3 heterocycles. The van der Waals surface area contributed by atoms with Crippen LogP contribution in [0.1, 0.15) is 28.5 Å². The van der Waals surface area contributed by atoms with Gasteiger partial charge in [-0.05, 0) is 20.8 Å². The third kappa shape index (κ3) is 2.29. The highest BCUT2D eigenvalue weighted by atomic mass is 32.1. The summed E-state index contributed by atoms with van der Waals surface area (Å²) in [5.74, 6) is 0.841. The number of aromatic nitrogens is 3. The predicted octanol–water partition coefficient (Wildman–Crippen LogP) is 2.60. The Bertz CT molecular complexity index is 709. The quantitative estimate of drug-likeness (QED) is 0.796. The lowest BCUT2D eigenvalue weighted by Crippen LogP contribution is -2.15. The first-order chi connectivity index (χ1) is 9.15. The molecule has 0 radical (unpaired) electrons. The SMILES string of the molecule is Cc1cc(CNCc2c(C)nc3scc(C)n23)no1.